The van der Waals surface area contributed by atoms with E-state index in [4.69, 9.17) is 10.0 Å². The molecule has 80 valence electrons. The Bertz CT molecular complexity index is 337. The van der Waals surface area contributed by atoms with E-state index in [-0.39, 0.29) is 5.91 Å². The summed E-state index contributed by atoms with van der Waals surface area (Å²) in [6, 6.07) is 6.23. The van der Waals surface area contributed by atoms with Crippen molar-refractivity contribution in [1.82, 2.24) is 4.90 Å². The first kappa shape index (κ1) is 11.7. The first-order valence-electron chi connectivity index (χ1n) is 4.77. The highest BCUT2D eigenvalue weighted by Gasteiger charge is 2.13. The van der Waals surface area contributed by atoms with Gasteiger partial charge in [0.25, 0.3) is 5.91 Å². The molecule has 0 bridgehead atoms. The van der Waals surface area contributed by atoms with Crippen LogP contribution < -0.4 is 5.46 Å². The van der Waals surface area contributed by atoms with Crippen molar-refractivity contribution in [3.05, 3.63) is 29.8 Å². The maximum Gasteiger partial charge on any atom is 0.488 e. The van der Waals surface area contributed by atoms with Gasteiger partial charge >= 0.3 is 7.12 Å². The zero-order valence-electron chi connectivity index (χ0n) is 8.84. The molecule has 0 saturated heterocycles. The number of carbonyl (C=O) groups is 1. The number of amides is 1. The molecule has 0 atom stereocenters. The zero-order valence-corrected chi connectivity index (χ0v) is 8.84. The highest BCUT2D eigenvalue weighted by Crippen LogP contribution is 2.01. The highest BCUT2D eigenvalue weighted by atomic mass is 16.4. The molecule has 0 radical (unpaired) electrons. The van der Waals surface area contributed by atoms with E-state index < -0.39 is 7.12 Å². The standard InChI is InChI=1S/C10H14BNO3/c1-3-12(2)10(13)8-4-6-9(7-5-8)11(14)15/h4-7,14-15H,3H2,1-2H3. The van der Waals surface area contributed by atoms with Crippen LogP contribution in [0, 0.1) is 0 Å². The Morgan fingerprint density at radius 2 is 1.87 bits per heavy atom. The van der Waals surface area contributed by atoms with Gasteiger partial charge < -0.3 is 14.9 Å². The maximum absolute atomic E-state index is 11.7. The Kier molecular flexibility index (Phi) is 3.88. The molecular formula is C10H14BNO3. The number of rotatable bonds is 3. The fraction of sp³-hybridized carbons (Fsp3) is 0.300. The van der Waals surface area contributed by atoms with Crippen molar-refractivity contribution in [1.29, 1.82) is 0 Å². The first-order chi connectivity index (χ1) is 7.06. The van der Waals surface area contributed by atoms with Gasteiger partial charge in [0.2, 0.25) is 0 Å². The molecule has 0 spiro atoms. The minimum atomic E-state index is -1.49. The average Bonchev–Trinajstić information content (AvgIpc) is 2.27. The number of benzene rings is 1. The Morgan fingerprint density at radius 1 is 1.33 bits per heavy atom. The van der Waals surface area contributed by atoms with Gasteiger partial charge in [0, 0.05) is 19.2 Å². The van der Waals surface area contributed by atoms with E-state index >= 15 is 0 Å². The molecule has 0 heterocycles. The third-order valence-electron chi connectivity index (χ3n) is 2.28. The molecule has 15 heavy (non-hydrogen) atoms. The predicted octanol–water partition coefficient (Wildman–Crippen LogP) is -0.542. The molecule has 0 aliphatic carbocycles. The lowest BCUT2D eigenvalue weighted by molar-refractivity contribution is 0.0802. The van der Waals surface area contributed by atoms with Crippen molar-refractivity contribution in [3.8, 4) is 0 Å². The molecule has 1 aromatic carbocycles. The highest BCUT2D eigenvalue weighted by molar-refractivity contribution is 6.58. The van der Waals surface area contributed by atoms with E-state index in [1.165, 1.54) is 12.1 Å². The van der Waals surface area contributed by atoms with E-state index in [0.29, 0.717) is 17.6 Å². The largest absolute Gasteiger partial charge is 0.488 e. The molecule has 0 aromatic heterocycles. The molecule has 4 nitrogen and oxygen atoms in total. The lowest BCUT2D eigenvalue weighted by Gasteiger charge is -2.14. The van der Waals surface area contributed by atoms with Crippen LogP contribution in [0.5, 0.6) is 0 Å². The second kappa shape index (κ2) is 4.95. The minimum absolute atomic E-state index is 0.0727. The SMILES string of the molecule is CCN(C)C(=O)c1ccc(B(O)O)cc1. The number of carbonyl (C=O) groups excluding carboxylic acids is 1. The van der Waals surface area contributed by atoms with E-state index in [2.05, 4.69) is 0 Å². The van der Waals surface area contributed by atoms with Crippen molar-refractivity contribution >= 4 is 18.5 Å². The zero-order chi connectivity index (χ0) is 11.4. The Labute approximate surface area is 89.3 Å². The smallest absolute Gasteiger partial charge is 0.423 e. The van der Waals surface area contributed by atoms with Crippen molar-refractivity contribution in [2.45, 2.75) is 6.92 Å². The molecule has 0 saturated carbocycles. The van der Waals surface area contributed by atoms with Crippen LogP contribution in [-0.2, 0) is 0 Å². The third-order valence-corrected chi connectivity index (χ3v) is 2.28. The summed E-state index contributed by atoms with van der Waals surface area (Å²) in [5, 5.41) is 17.7. The molecule has 0 unspecified atom stereocenters. The van der Waals surface area contributed by atoms with Gasteiger partial charge in [-0.15, -0.1) is 0 Å². The van der Waals surface area contributed by atoms with Crippen LogP contribution in [0.1, 0.15) is 17.3 Å². The van der Waals surface area contributed by atoms with Gasteiger partial charge in [-0.1, -0.05) is 12.1 Å². The summed E-state index contributed by atoms with van der Waals surface area (Å²) in [5.74, 6) is -0.0727. The normalized spacial score (nSPS) is 9.87. The van der Waals surface area contributed by atoms with Crippen molar-refractivity contribution in [2.75, 3.05) is 13.6 Å². The molecule has 0 aliphatic rings. The fourth-order valence-corrected chi connectivity index (χ4v) is 1.16. The molecule has 0 aliphatic heterocycles. The van der Waals surface area contributed by atoms with Crippen LogP contribution in [0.3, 0.4) is 0 Å². The molecule has 1 aromatic rings. The summed E-state index contributed by atoms with van der Waals surface area (Å²) in [4.78, 5) is 13.2. The van der Waals surface area contributed by atoms with Crippen molar-refractivity contribution < 1.29 is 14.8 Å². The van der Waals surface area contributed by atoms with Crippen LogP contribution >= 0.6 is 0 Å². The Balaban J connectivity index is 2.84. The monoisotopic (exact) mass is 207 g/mol. The van der Waals surface area contributed by atoms with Gasteiger partial charge in [-0.05, 0) is 24.5 Å². The summed E-state index contributed by atoms with van der Waals surface area (Å²) >= 11 is 0. The van der Waals surface area contributed by atoms with Crippen molar-refractivity contribution in [2.24, 2.45) is 0 Å². The van der Waals surface area contributed by atoms with Gasteiger partial charge in [0.15, 0.2) is 0 Å². The molecule has 2 N–H and O–H groups in total. The summed E-state index contributed by atoms with van der Waals surface area (Å²) in [6.45, 7) is 2.53. The Hall–Kier alpha value is -1.33. The van der Waals surface area contributed by atoms with Gasteiger partial charge in [0.1, 0.15) is 0 Å². The third kappa shape index (κ3) is 2.81. The topological polar surface area (TPSA) is 60.8 Å². The lowest BCUT2D eigenvalue weighted by atomic mass is 9.80. The van der Waals surface area contributed by atoms with E-state index in [1.807, 2.05) is 6.92 Å². The number of hydrogen-bond donors (Lipinski definition) is 2. The molecular weight excluding hydrogens is 193 g/mol. The lowest BCUT2D eigenvalue weighted by Crippen LogP contribution is -2.31. The second-order valence-electron chi connectivity index (χ2n) is 3.32. The van der Waals surface area contributed by atoms with E-state index in [1.54, 1.807) is 24.1 Å². The van der Waals surface area contributed by atoms with Crippen LogP contribution in [0.25, 0.3) is 0 Å². The van der Waals surface area contributed by atoms with E-state index in [9.17, 15) is 4.79 Å². The van der Waals surface area contributed by atoms with Crippen LogP contribution in [-0.4, -0.2) is 41.6 Å². The van der Waals surface area contributed by atoms with Crippen LogP contribution in [0.4, 0.5) is 0 Å². The summed E-state index contributed by atoms with van der Waals surface area (Å²) < 4.78 is 0. The number of hydrogen-bond acceptors (Lipinski definition) is 3. The van der Waals surface area contributed by atoms with Gasteiger partial charge in [-0.25, -0.2) is 0 Å². The first-order valence-corrected chi connectivity index (χ1v) is 4.77. The van der Waals surface area contributed by atoms with Gasteiger partial charge in [-0.2, -0.15) is 0 Å². The second-order valence-corrected chi connectivity index (χ2v) is 3.32. The quantitative estimate of drug-likeness (QED) is 0.654. The Morgan fingerprint density at radius 3 is 2.27 bits per heavy atom. The van der Waals surface area contributed by atoms with Crippen LogP contribution in [0.15, 0.2) is 24.3 Å². The fourth-order valence-electron chi connectivity index (χ4n) is 1.16. The molecule has 1 rings (SSSR count). The maximum atomic E-state index is 11.7. The number of nitrogens with zero attached hydrogens (tertiary/aromatic N) is 1. The minimum Gasteiger partial charge on any atom is -0.423 e. The van der Waals surface area contributed by atoms with Gasteiger partial charge in [0.05, 0.1) is 0 Å². The molecule has 5 heteroatoms. The van der Waals surface area contributed by atoms with Crippen molar-refractivity contribution in [3.63, 3.8) is 0 Å². The molecule has 0 fully saturated rings. The van der Waals surface area contributed by atoms with Crippen LogP contribution in [0.2, 0.25) is 0 Å². The summed E-state index contributed by atoms with van der Waals surface area (Å²) in [5.41, 5.74) is 0.925. The summed E-state index contributed by atoms with van der Waals surface area (Å²) in [7, 11) is 0.231. The molecule has 1 amide bonds. The predicted molar refractivity (Wildman–Crippen MR) is 58.9 cm³/mol. The van der Waals surface area contributed by atoms with E-state index in [0.717, 1.165) is 0 Å². The van der Waals surface area contributed by atoms with Gasteiger partial charge in [-0.3, -0.25) is 4.79 Å². The summed E-state index contributed by atoms with van der Waals surface area (Å²) in [6.07, 6.45) is 0. The average molecular weight is 207 g/mol.